The number of benzene rings is 2. The van der Waals surface area contributed by atoms with Gasteiger partial charge in [-0.25, -0.2) is 4.98 Å². The Bertz CT molecular complexity index is 688. The second kappa shape index (κ2) is 4.13. The van der Waals surface area contributed by atoms with E-state index in [0.29, 0.717) is 0 Å². The minimum Gasteiger partial charge on any atom is -0.236 e. The number of hydrogen-bond acceptors (Lipinski definition) is 2. The third kappa shape index (κ3) is 1.94. The molecule has 1 radical (unpaired) electrons. The second-order valence-electron chi connectivity index (χ2n) is 3.80. The Balaban J connectivity index is 2.22. The van der Waals surface area contributed by atoms with E-state index in [2.05, 4.69) is 18.0 Å². The van der Waals surface area contributed by atoms with Crippen LogP contribution in [0, 0.1) is 6.92 Å². The quantitative estimate of drug-likeness (QED) is 0.611. The fourth-order valence-corrected chi connectivity index (χ4v) is 2.99. The van der Waals surface area contributed by atoms with E-state index < -0.39 is 0 Å². The van der Waals surface area contributed by atoms with E-state index >= 15 is 0 Å². The number of nitrogens with zero attached hydrogens (tertiary/aromatic N) is 1. The molecule has 0 saturated heterocycles. The molecule has 1 nitrogen and oxygen atoms in total. The van der Waals surface area contributed by atoms with E-state index in [-0.39, 0.29) is 0 Å². The minimum absolute atomic E-state index is 0.737. The monoisotopic (exact) mass is 258 g/mol. The standard InChI is InChI=1S/C14H9ClNS/c1-9-6-7-13-12(8-9)16-14(17-13)10-4-2-3-5-11(10)15/h2-8H,1H2. The van der Waals surface area contributed by atoms with Crippen LogP contribution < -0.4 is 0 Å². The average Bonchev–Trinajstić information content (AvgIpc) is 2.72. The maximum absolute atomic E-state index is 6.17. The molecule has 0 spiro atoms. The van der Waals surface area contributed by atoms with E-state index in [0.717, 1.165) is 31.4 Å². The summed E-state index contributed by atoms with van der Waals surface area (Å²) in [6.45, 7) is 3.91. The molecule has 0 N–H and O–H groups in total. The Labute approximate surface area is 109 Å². The van der Waals surface area contributed by atoms with E-state index in [9.17, 15) is 0 Å². The Morgan fingerprint density at radius 1 is 1.12 bits per heavy atom. The topological polar surface area (TPSA) is 12.9 Å². The van der Waals surface area contributed by atoms with E-state index in [1.54, 1.807) is 11.3 Å². The number of aromatic nitrogens is 1. The molecule has 3 aromatic rings. The predicted molar refractivity (Wildman–Crippen MR) is 74.5 cm³/mol. The first-order chi connectivity index (χ1) is 8.24. The van der Waals surface area contributed by atoms with Gasteiger partial charge < -0.3 is 0 Å². The van der Waals surface area contributed by atoms with Crippen LogP contribution in [0.3, 0.4) is 0 Å². The Hall–Kier alpha value is -1.38. The molecule has 0 aliphatic heterocycles. The largest absolute Gasteiger partial charge is 0.236 e. The smallest absolute Gasteiger partial charge is 0.126 e. The van der Waals surface area contributed by atoms with Gasteiger partial charge in [0.05, 0.1) is 15.2 Å². The fraction of sp³-hybridized carbons (Fsp3) is 0. The normalized spacial score (nSPS) is 10.9. The number of halogens is 1. The fourth-order valence-electron chi connectivity index (χ4n) is 1.72. The molecule has 0 fully saturated rings. The highest BCUT2D eigenvalue weighted by atomic mass is 35.5. The molecule has 0 amide bonds. The molecule has 1 aromatic heterocycles. The summed E-state index contributed by atoms with van der Waals surface area (Å²) in [5, 5.41) is 1.69. The zero-order valence-electron chi connectivity index (χ0n) is 8.98. The first-order valence-electron chi connectivity index (χ1n) is 5.21. The van der Waals surface area contributed by atoms with Crippen molar-refractivity contribution >= 4 is 33.2 Å². The van der Waals surface area contributed by atoms with Crippen LogP contribution in [0.5, 0.6) is 0 Å². The van der Waals surface area contributed by atoms with Crippen molar-refractivity contribution < 1.29 is 0 Å². The lowest BCUT2D eigenvalue weighted by Gasteiger charge is -1.97. The molecule has 0 aliphatic carbocycles. The Kier molecular flexibility index (Phi) is 2.61. The third-order valence-electron chi connectivity index (χ3n) is 2.56. The van der Waals surface area contributed by atoms with Gasteiger partial charge in [-0.05, 0) is 30.7 Å². The van der Waals surface area contributed by atoms with E-state index in [1.807, 2.05) is 36.4 Å². The van der Waals surface area contributed by atoms with Gasteiger partial charge in [0, 0.05) is 5.56 Å². The SMILES string of the molecule is [CH2]c1ccc2sc(-c3ccccc3Cl)nc2c1. The van der Waals surface area contributed by atoms with Crippen LogP contribution in [0.2, 0.25) is 5.02 Å². The molecule has 0 atom stereocenters. The zero-order chi connectivity index (χ0) is 11.8. The molecule has 0 bridgehead atoms. The second-order valence-corrected chi connectivity index (χ2v) is 5.24. The average molecular weight is 259 g/mol. The van der Waals surface area contributed by atoms with Crippen LogP contribution in [-0.2, 0) is 0 Å². The highest BCUT2D eigenvalue weighted by molar-refractivity contribution is 7.21. The molecule has 0 unspecified atom stereocenters. The first kappa shape index (κ1) is 10.8. The van der Waals surface area contributed by atoms with Gasteiger partial charge in [-0.3, -0.25) is 0 Å². The molecule has 0 saturated carbocycles. The summed E-state index contributed by atoms with van der Waals surface area (Å²) in [5.74, 6) is 0. The van der Waals surface area contributed by atoms with Crippen molar-refractivity contribution in [1.82, 2.24) is 4.98 Å². The Morgan fingerprint density at radius 2 is 1.94 bits per heavy atom. The summed E-state index contributed by atoms with van der Waals surface area (Å²) >= 11 is 7.82. The van der Waals surface area contributed by atoms with E-state index in [1.165, 1.54) is 0 Å². The lowest BCUT2D eigenvalue weighted by molar-refractivity contribution is 1.47. The van der Waals surface area contributed by atoms with Crippen molar-refractivity contribution in [3.8, 4) is 10.6 Å². The van der Waals surface area contributed by atoms with Crippen LogP contribution in [-0.4, -0.2) is 4.98 Å². The van der Waals surface area contributed by atoms with Crippen LogP contribution in [0.25, 0.3) is 20.8 Å². The zero-order valence-corrected chi connectivity index (χ0v) is 10.6. The van der Waals surface area contributed by atoms with Crippen molar-refractivity contribution in [3.63, 3.8) is 0 Å². The van der Waals surface area contributed by atoms with Crippen LogP contribution in [0.4, 0.5) is 0 Å². The van der Waals surface area contributed by atoms with Gasteiger partial charge in [0.15, 0.2) is 0 Å². The van der Waals surface area contributed by atoms with Crippen molar-refractivity contribution in [2.75, 3.05) is 0 Å². The molecule has 1 heterocycles. The summed E-state index contributed by atoms with van der Waals surface area (Å²) in [6.07, 6.45) is 0. The molecule has 17 heavy (non-hydrogen) atoms. The first-order valence-corrected chi connectivity index (χ1v) is 6.41. The maximum atomic E-state index is 6.17. The van der Waals surface area contributed by atoms with Crippen LogP contribution in [0.15, 0.2) is 42.5 Å². The van der Waals surface area contributed by atoms with Gasteiger partial charge in [-0.2, -0.15) is 0 Å². The van der Waals surface area contributed by atoms with E-state index in [4.69, 9.17) is 11.6 Å². The van der Waals surface area contributed by atoms with Gasteiger partial charge in [0.25, 0.3) is 0 Å². The number of hydrogen-bond donors (Lipinski definition) is 0. The van der Waals surface area contributed by atoms with Crippen molar-refractivity contribution in [1.29, 1.82) is 0 Å². The summed E-state index contributed by atoms with van der Waals surface area (Å²) in [7, 11) is 0. The third-order valence-corrected chi connectivity index (χ3v) is 3.96. The minimum atomic E-state index is 0.737. The van der Waals surface area contributed by atoms with Crippen LogP contribution in [0.1, 0.15) is 5.56 Å². The molecule has 3 heteroatoms. The van der Waals surface area contributed by atoms with Gasteiger partial charge in [-0.15, -0.1) is 11.3 Å². The highest BCUT2D eigenvalue weighted by Crippen LogP contribution is 2.34. The van der Waals surface area contributed by atoms with Gasteiger partial charge in [0.1, 0.15) is 5.01 Å². The maximum Gasteiger partial charge on any atom is 0.126 e. The number of rotatable bonds is 1. The summed E-state index contributed by atoms with van der Waals surface area (Å²) in [6, 6.07) is 13.8. The molecular formula is C14H9ClNS. The van der Waals surface area contributed by atoms with Crippen LogP contribution >= 0.6 is 22.9 Å². The lowest BCUT2D eigenvalue weighted by atomic mass is 10.2. The van der Waals surface area contributed by atoms with Crippen molar-refractivity contribution in [2.24, 2.45) is 0 Å². The summed E-state index contributed by atoms with van der Waals surface area (Å²) in [5.41, 5.74) is 2.95. The summed E-state index contributed by atoms with van der Waals surface area (Å²) < 4.78 is 1.16. The molecular weight excluding hydrogens is 250 g/mol. The molecule has 83 valence electrons. The van der Waals surface area contributed by atoms with Crippen molar-refractivity contribution in [2.45, 2.75) is 0 Å². The van der Waals surface area contributed by atoms with Gasteiger partial charge >= 0.3 is 0 Å². The molecule has 3 rings (SSSR count). The van der Waals surface area contributed by atoms with Gasteiger partial charge in [0.2, 0.25) is 0 Å². The molecule has 2 aromatic carbocycles. The van der Waals surface area contributed by atoms with Gasteiger partial charge in [-0.1, -0.05) is 35.9 Å². The van der Waals surface area contributed by atoms with Crippen molar-refractivity contribution in [3.05, 3.63) is 60.0 Å². The number of fused-ring (bicyclic) bond motifs is 1. The Morgan fingerprint density at radius 3 is 2.76 bits per heavy atom. The predicted octanol–water partition coefficient (Wildman–Crippen LogP) is 4.80. The lowest BCUT2D eigenvalue weighted by Crippen LogP contribution is -1.77. The highest BCUT2D eigenvalue weighted by Gasteiger charge is 2.08. The number of thiazole rings is 1. The molecule has 0 aliphatic rings. The summed E-state index contributed by atoms with van der Waals surface area (Å²) in [4.78, 5) is 4.60.